The minimum atomic E-state index is 0.0360. The first kappa shape index (κ1) is 11.3. The fourth-order valence-corrected chi connectivity index (χ4v) is 1.41. The van der Waals surface area contributed by atoms with Crippen molar-refractivity contribution in [3.05, 3.63) is 0 Å². The standard InChI is InChI=1S/C10H20N2O2/c1-8(2)6-11-10(13)12-4-5-14-9(3)7-12/h8-9H,4-7H2,1-3H3,(H,11,13). The van der Waals surface area contributed by atoms with Crippen LogP contribution in [0.25, 0.3) is 0 Å². The predicted octanol–water partition coefficient (Wildman–Crippen LogP) is 1.07. The maximum atomic E-state index is 11.6. The molecule has 82 valence electrons. The Labute approximate surface area is 85.6 Å². The van der Waals surface area contributed by atoms with Crippen LogP contribution in [0.15, 0.2) is 0 Å². The number of carbonyl (C=O) groups excluding carboxylic acids is 1. The third kappa shape index (κ3) is 3.54. The zero-order valence-corrected chi connectivity index (χ0v) is 9.25. The average molecular weight is 200 g/mol. The quantitative estimate of drug-likeness (QED) is 0.724. The van der Waals surface area contributed by atoms with Crippen molar-refractivity contribution in [2.24, 2.45) is 5.92 Å². The summed E-state index contributed by atoms with van der Waals surface area (Å²) in [5.74, 6) is 0.498. The highest BCUT2D eigenvalue weighted by Crippen LogP contribution is 2.04. The van der Waals surface area contributed by atoms with E-state index in [1.54, 1.807) is 0 Å². The van der Waals surface area contributed by atoms with Crippen LogP contribution in [-0.2, 0) is 4.74 Å². The molecule has 1 heterocycles. The summed E-state index contributed by atoms with van der Waals surface area (Å²) in [5.41, 5.74) is 0. The van der Waals surface area contributed by atoms with Crippen molar-refractivity contribution in [3.8, 4) is 0 Å². The summed E-state index contributed by atoms with van der Waals surface area (Å²) in [6.45, 7) is 8.95. The Bertz CT molecular complexity index is 195. The van der Waals surface area contributed by atoms with Crippen molar-refractivity contribution in [3.63, 3.8) is 0 Å². The number of hydrogen-bond acceptors (Lipinski definition) is 2. The SMILES string of the molecule is CC(C)CNC(=O)N1CCOC(C)C1. The number of amides is 2. The first-order valence-electron chi connectivity index (χ1n) is 5.24. The van der Waals surface area contributed by atoms with Crippen LogP contribution in [0.3, 0.4) is 0 Å². The maximum Gasteiger partial charge on any atom is 0.317 e. The normalized spacial score (nSPS) is 22.6. The Morgan fingerprint density at radius 3 is 2.93 bits per heavy atom. The molecule has 4 heteroatoms. The van der Waals surface area contributed by atoms with Crippen LogP contribution in [0.2, 0.25) is 0 Å². The summed E-state index contributed by atoms with van der Waals surface area (Å²) in [6, 6.07) is 0.0360. The monoisotopic (exact) mass is 200 g/mol. The Morgan fingerprint density at radius 1 is 1.64 bits per heavy atom. The number of morpholine rings is 1. The molecule has 1 aliphatic rings. The van der Waals surface area contributed by atoms with E-state index in [1.165, 1.54) is 0 Å². The van der Waals surface area contributed by atoms with Crippen molar-refractivity contribution in [2.75, 3.05) is 26.2 Å². The van der Waals surface area contributed by atoms with Crippen molar-refractivity contribution in [2.45, 2.75) is 26.9 Å². The van der Waals surface area contributed by atoms with Crippen LogP contribution < -0.4 is 5.32 Å². The van der Waals surface area contributed by atoms with E-state index in [-0.39, 0.29) is 12.1 Å². The lowest BCUT2D eigenvalue weighted by Gasteiger charge is -2.31. The van der Waals surface area contributed by atoms with Gasteiger partial charge in [0, 0.05) is 19.6 Å². The third-order valence-corrected chi connectivity index (χ3v) is 2.19. The van der Waals surface area contributed by atoms with Gasteiger partial charge in [0.1, 0.15) is 0 Å². The fourth-order valence-electron chi connectivity index (χ4n) is 1.41. The number of nitrogens with zero attached hydrogens (tertiary/aromatic N) is 1. The lowest BCUT2D eigenvalue weighted by atomic mass is 10.2. The summed E-state index contributed by atoms with van der Waals surface area (Å²) in [6.07, 6.45) is 0.161. The molecule has 0 spiro atoms. The minimum absolute atomic E-state index is 0.0360. The predicted molar refractivity (Wildman–Crippen MR) is 55.2 cm³/mol. The first-order chi connectivity index (χ1) is 6.59. The van der Waals surface area contributed by atoms with Crippen LogP contribution in [-0.4, -0.2) is 43.3 Å². The van der Waals surface area contributed by atoms with E-state index in [9.17, 15) is 4.79 Å². The van der Waals surface area contributed by atoms with E-state index in [2.05, 4.69) is 19.2 Å². The maximum absolute atomic E-state index is 11.6. The molecule has 4 nitrogen and oxygen atoms in total. The van der Waals surface area contributed by atoms with Crippen molar-refractivity contribution in [1.29, 1.82) is 0 Å². The molecule has 1 saturated heterocycles. The van der Waals surface area contributed by atoms with E-state index < -0.39 is 0 Å². The number of rotatable bonds is 2. The number of urea groups is 1. The Hall–Kier alpha value is -0.770. The van der Waals surface area contributed by atoms with Gasteiger partial charge in [-0.3, -0.25) is 0 Å². The molecule has 1 aliphatic heterocycles. The zero-order chi connectivity index (χ0) is 10.6. The average Bonchev–Trinajstić information content (AvgIpc) is 2.14. The van der Waals surface area contributed by atoms with E-state index >= 15 is 0 Å². The molecule has 2 amide bonds. The van der Waals surface area contributed by atoms with Gasteiger partial charge in [-0.2, -0.15) is 0 Å². The van der Waals surface area contributed by atoms with Crippen molar-refractivity contribution < 1.29 is 9.53 Å². The van der Waals surface area contributed by atoms with Gasteiger partial charge in [0.25, 0.3) is 0 Å². The second kappa shape index (κ2) is 5.20. The number of hydrogen-bond donors (Lipinski definition) is 1. The molecule has 1 unspecified atom stereocenters. The summed E-state index contributed by atoms with van der Waals surface area (Å²) < 4.78 is 5.36. The smallest absolute Gasteiger partial charge is 0.317 e. The molecule has 0 aromatic heterocycles. The number of ether oxygens (including phenoxy) is 1. The van der Waals surface area contributed by atoms with Gasteiger partial charge in [0.15, 0.2) is 0 Å². The van der Waals surface area contributed by atoms with E-state index in [0.29, 0.717) is 25.6 Å². The van der Waals surface area contributed by atoms with Crippen molar-refractivity contribution >= 4 is 6.03 Å². The van der Waals surface area contributed by atoms with Crippen LogP contribution >= 0.6 is 0 Å². The molecule has 1 rings (SSSR count). The molecule has 0 bridgehead atoms. The highest BCUT2D eigenvalue weighted by molar-refractivity contribution is 5.74. The van der Waals surface area contributed by atoms with E-state index in [0.717, 1.165) is 6.54 Å². The molecule has 1 fully saturated rings. The van der Waals surface area contributed by atoms with Gasteiger partial charge in [0.05, 0.1) is 12.7 Å². The van der Waals surface area contributed by atoms with Gasteiger partial charge in [-0.1, -0.05) is 13.8 Å². The molecule has 14 heavy (non-hydrogen) atoms. The van der Waals surface area contributed by atoms with E-state index in [1.807, 2.05) is 11.8 Å². The molecule has 1 atom stereocenters. The molecule has 0 radical (unpaired) electrons. The fraction of sp³-hybridized carbons (Fsp3) is 0.900. The lowest BCUT2D eigenvalue weighted by Crippen LogP contribution is -2.49. The molecule has 0 aromatic rings. The van der Waals surface area contributed by atoms with Crippen molar-refractivity contribution in [1.82, 2.24) is 10.2 Å². The molecular formula is C10H20N2O2. The highest BCUT2D eigenvalue weighted by Gasteiger charge is 2.20. The Balaban J connectivity index is 2.29. The first-order valence-corrected chi connectivity index (χ1v) is 5.24. The Morgan fingerprint density at radius 2 is 2.36 bits per heavy atom. The Kier molecular flexibility index (Phi) is 4.20. The topological polar surface area (TPSA) is 41.6 Å². The van der Waals surface area contributed by atoms with Gasteiger partial charge in [-0.05, 0) is 12.8 Å². The van der Waals surface area contributed by atoms with Gasteiger partial charge >= 0.3 is 6.03 Å². The number of nitrogens with one attached hydrogen (secondary N) is 1. The minimum Gasteiger partial charge on any atom is -0.375 e. The second-order valence-corrected chi connectivity index (χ2v) is 4.21. The summed E-state index contributed by atoms with van der Waals surface area (Å²) in [5, 5.41) is 2.90. The van der Waals surface area contributed by atoms with Crippen LogP contribution in [0.5, 0.6) is 0 Å². The molecule has 0 aromatic carbocycles. The van der Waals surface area contributed by atoms with Gasteiger partial charge in [-0.25, -0.2) is 4.79 Å². The van der Waals surface area contributed by atoms with E-state index in [4.69, 9.17) is 4.74 Å². The molecular weight excluding hydrogens is 180 g/mol. The van der Waals surface area contributed by atoms with Crippen LogP contribution in [0, 0.1) is 5.92 Å². The second-order valence-electron chi connectivity index (χ2n) is 4.21. The number of carbonyl (C=O) groups is 1. The summed E-state index contributed by atoms with van der Waals surface area (Å²) in [4.78, 5) is 13.4. The van der Waals surface area contributed by atoms with Crippen LogP contribution in [0.4, 0.5) is 4.79 Å². The zero-order valence-electron chi connectivity index (χ0n) is 9.25. The lowest BCUT2D eigenvalue weighted by molar-refractivity contribution is -0.00353. The largest absolute Gasteiger partial charge is 0.375 e. The van der Waals surface area contributed by atoms with Gasteiger partial charge in [0.2, 0.25) is 0 Å². The summed E-state index contributed by atoms with van der Waals surface area (Å²) >= 11 is 0. The summed E-state index contributed by atoms with van der Waals surface area (Å²) in [7, 11) is 0. The van der Waals surface area contributed by atoms with Gasteiger partial charge in [-0.15, -0.1) is 0 Å². The van der Waals surface area contributed by atoms with Gasteiger partial charge < -0.3 is 15.0 Å². The highest BCUT2D eigenvalue weighted by atomic mass is 16.5. The van der Waals surface area contributed by atoms with Crippen LogP contribution in [0.1, 0.15) is 20.8 Å². The molecule has 1 N–H and O–H groups in total. The third-order valence-electron chi connectivity index (χ3n) is 2.19. The molecule has 0 saturated carbocycles. The molecule has 0 aliphatic carbocycles.